The van der Waals surface area contributed by atoms with E-state index in [1.165, 1.54) is 0 Å². The molecule has 5 nitrogen and oxygen atoms in total. The monoisotopic (exact) mass is 360 g/mol. The van der Waals surface area contributed by atoms with Crippen molar-refractivity contribution in [3.8, 4) is 11.5 Å². The molecule has 0 bridgehead atoms. The van der Waals surface area contributed by atoms with Gasteiger partial charge in [-0.15, -0.1) is 0 Å². The summed E-state index contributed by atoms with van der Waals surface area (Å²) in [6, 6.07) is 22.8. The molecule has 1 atom stereocenters. The van der Waals surface area contributed by atoms with E-state index in [4.69, 9.17) is 9.47 Å². The topological polar surface area (TPSA) is 50.8 Å². The Kier molecular flexibility index (Phi) is 4.42. The van der Waals surface area contributed by atoms with Crippen LogP contribution in [0.2, 0.25) is 0 Å². The highest BCUT2D eigenvalue weighted by Gasteiger charge is 2.35. The fourth-order valence-corrected chi connectivity index (χ4v) is 3.38. The van der Waals surface area contributed by atoms with Gasteiger partial charge in [-0.05, 0) is 42.0 Å². The molecule has 0 aliphatic carbocycles. The van der Waals surface area contributed by atoms with Crippen LogP contribution >= 0.6 is 0 Å². The Morgan fingerprint density at radius 3 is 2.48 bits per heavy atom. The smallest absolute Gasteiger partial charge is 0.262 e. The zero-order valence-corrected chi connectivity index (χ0v) is 15.2. The zero-order chi connectivity index (χ0) is 18.8. The van der Waals surface area contributed by atoms with Gasteiger partial charge in [0, 0.05) is 5.69 Å². The van der Waals surface area contributed by atoms with Crippen LogP contribution in [0.15, 0.2) is 72.8 Å². The van der Waals surface area contributed by atoms with Crippen LogP contribution in [0.25, 0.3) is 0 Å². The maximum Gasteiger partial charge on any atom is 0.262 e. The van der Waals surface area contributed by atoms with Gasteiger partial charge in [0.2, 0.25) is 0 Å². The van der Waals surface area contributed by atoms with Gasteiger partial charge >= 0.3 is 0 Å². The molecule has 0 aromatic heterocycles. The lowest BCUT2D eigenvalue weighted by molar-refractivity contribution is 0.0974. The third-order valence-electron chi connectivity index (χ3n) is 4.68. The van der Waals surface area contributed by atoms with E-state index in [2.05, 4.69) is 5.32 Å². The van der Waals surface area contributed by atoms with E-state index in [9.17, 15) is 4.79 Å². The van der Waals surface area contributed by atoms with E-state index in [-0.39, 0.29) is 5.91 Å². The highest BCUT2D eigenvalue weighted by molar-refractivity contribution is 6.12. The van der Waals surface area contributed by atoms with Gasteiger partial charge in [-0.2, -0.15) is 0 Å². The molecule has 1 heterocycles. The lowest BCUT2D eigenvalue weighted by Gasteiger charge is -2.38. The van der Waals surface area contributed by atoms with E-state index in [0.717, 1.165) is 17.0 Å². The zero-order valence-electron chi connectivity index (χ0n) is 15.2. The first-order chi connectivity index (χ1) is 13.2. The molecule has 1 aliphatic rings. The van der Waals surface area contributed by atoms with Gasteiger partial charge in [-0.3, -0.25) is 9.69 Å². The Morgan fingerprint density at radius 2 is 1.67 bits per heavy atom. The Balaban J connectivity index is 1.89. The molecule has 0 saturated heterocycles. The van der Waals surface area contributed by atoms with Gasteiger partial charge in [0.1, 0.15) is 17.7 Å². The minimum absolute atomic E-state index is 0.0818. The van der Waals surface area contributed by atoms with Crippen LogP contribution in [0.5, 0.6) is 11.5 Å². The molecular weight excluding hydrogens is 340 g/mol. The number of carbonyl (C=O) groups is 1. The van der Waals surface area contributed by atoms with Crippen LogP contribution in [0.3, 0.4) is 0 Å². The molecule has 3 aromatic rings. The summed E-state index contributed by atoms with van der Waals surface area (Å²) in [7, 11) is 3.24. The first-order valence-electron chi connectivity index (χ1n) is 8.69. The first-order valence-corrected chi connectivity index (χ1v) is 8.69. The Morgan fingerprint density at radius 1 is 0.889 bits per heavy atom. The molecule has 3 aromatic carbocycles. The summed E-state index contributed by atoms with van der Waals surface area (Å²) in [5.41, 5.74) is 3.06. The second-order valence-corrected chi connectivity index (χ2v) is 6.22. The molecule has 1 aliphatic heterocycles. The van der Waals surface area contributed by atoms with Crippen molar-refractivity contribution in [1.82, 2.24) is 0 Å². The van der Waals surface area contributed by atoms with Gasteiger partial charge in [-0.25, -0.2) is 0 Å². The molecule has 0 spiro atoms. The number of anilines is 2. The summed E-state index contributed by atoms with van der Waals surface area (Å²) in [5, 5.41) is 3.49. The summed E-state index contributed by atoms with van der Waals surface area (Å²) < 4.78 is 10.9. The number of methoxy groups -OCH3 is 2. The largest absolute Gasteiger partial charge is 0.497 e. The van der Waals surface area contributed by atoms with Crippen molar-refractivity contribution in [2.45, 2.75) is 6.17 Å². The van der Waals surface area contributed by atoms with Crippen molar-refractivity contribution in [2.24, 2.45) is 0 Å². The lowest BCUT2D eigenvalue weighted by Crippen LogP contribution is -2.43. The second-order valence-electron chi connectivity index (χ2n) is 6.22. The number of amides is 1. The standard InChI is InChI=1S/C22H20N2O3/c1-26-16-9-7-8-15(14-16)21-23-18-11-4-3-10-17(18)22(25)24(21)19-12-5-6-13-20(19)27-2/h3-14,21,23H,1-2H3/t21-/m0/s1. The Bertz CT molecular complexity index is 987. The van der Waals surface area contributed by atoms with E-state index < -0.39 is 6.17 Å². The number of nitrogens with one attached hydrogen (secondary N) is 1. The van der Waals surface area contributed by atoms with Gasteiger partial charge in [0.25, 0.3) is 5.91 Å². The van der Waals surface area contributed by atoms with E-state index in [0.29, 0.717) is 17.0 Å². The van der Waals surface area contributed by atoms with Crippen LogP contribution in [-0.2, 0) is 0 Å². The summed E-state index contributed by atoms with van der Waals surface area (Å²) >= 11 is 0. The first kappa shape index (κ1) is 17.0. The molecule has 0 unspecified atom stereocenters. The van der Waals surface area contributed by atoms with Gasteiger partial charge < -0.3 is 14.8 Å². The van der Waals surface area contributed by atoms with Crippen LogP contribution in [-0.4, -0.2) is 20.1 Å². The molecule has 136 valence electrons. The van der Waals surface area contributed by atoms with Gasteiger partial charge in [0.05, 0.1) is 25.5 Å². The molecule has 27 heavy (non-hydrogen) atoms. The maximum absolute atomic E-state index is 13.4. The highest BCUT2D eigenvalue weighted by Crippen LogP contribution is 2.40. The van der Waals surface area contributed by atoms with Crippen LogP contribution in [0, 0.1) is 0 Å². The Labute approximate surface area is 158 Å². The number of ether oxygens (including phenoxy) is 2. The van der Waals surface area contributed by atoms with E-state index in [1.807, 2.05) is 72.8 Å². The predicted octanol–water partition coefficient (Wildman–Crippen LogP) is 4.47. The molecule has 0 fully saturated rings. The third kappa shape index (κ3) is 2.97. The molecule has 0 saturated carbocycles. The average Bonchev–Trinajstić information content (AvgIpc) is 2.73. The van der Waals surface area contributed by atoms with Crippen molar-refractivity contribution >= 4 is 17.3 Å². The van der Waals surface area contributed by atoms with Crippen molar-refractivity contribution in [3.05, 3.63) is 83.9 Å². The molecule has 4 rings (SSSR count). The fourth-order valence-electron chi connectivity index (χ4n) is 3.38. The molecule has 5 heteroatoms. The molecule has 0 radical (unpaired) electrons. The molecule has 1 N–H and O–H groups in total. The van der Waals surface area contributed by atoms with Crippen molar-refractivity contribution in [1.29, 1.82) is 0 Å². The van der Waals surface area contributed by atoms with Crippen LogP contribution in [0.4, 0.5) is 11.4 Å². The van der Waals surface area contributed by atoms with Crippen molar-refractivity contribution in [3.63, 3.8) is 0 Å². The van der Waals surface area contributed by atoms with E-state index in [1.54, 1.807) is 19.1 Å². The van der Waals surface area contributed by atoms with Crippen LogP contribution in [0.1, 0.15) is 22.1 Å². The van der Waals surface area contributed by atoms with Crippen molar-refractivity contribution in [2.75, 3.05) is 24.4 Å². The average molecular weight is 360 g/mol. The number of para-hydroxylation sites is 3. The normalized spacial score (nSPS) is 15.7. The number of hydrogen-bond donors (Lipinski definition) is 1. The Hall–Kier alpha value is -3.47. The van der Waals surface area contributed by atoms with Gasteiger partial charge in [0.15, 0.2) is 0 Å². The number of hydrogen-bond acceptors (Lipinski definition) is 4. The third-order valence-corrected chi connectivity index (χ3v) is 4.68. The van der Waals surface area contributed by atoms with E-state index >= 15 is 0 Å². The van der Waals surface area contributed by atoms with Crippen LogP contribution < -0.4 is 19.7 Å². The number of fused-ring (bicyclic) bond motifs is 1. The lowest BCUT2D eigenvalue weighted by atomic mass is 10.0. The summed E-state index contributed by atoms with van der Waals surface area (Å²) in [6.07, 6.45) is -0.390. The maximum atomic E-state index is 13.4. The highest BCUT2D eigenvalue weighted by atomic mass is 16.5. The molecular formula is C22H20N2O3. The number of rotatable bonds is 4. The minimum atomic E-state index is -0.390. The quantitative estimate of drug-likeness (QED) is 0.746. The summed E-state index contributed by atoms with van der Waals surface area (Å²) in [5.74, 6) is 1.29. The predicted molar refractivity (Wildman–Crippen MR) is 106 cm³/mol. The minimum Gasteiger partial charge on any atom is -0.497 e. The van der Waals surface area contributed by atoms with Gasteiger partial charge in [-0.1, -0.05) is 36.4 Å². The summed E-state index contributed by atoms with van der Waals surface area (Å²) in [4.78, 5) is 15.2. The summed E-state index contributed by atoms with van der Waals surface area (Å²) in [6.45, 7) is 0. The second kappa shape index (κ2) is 7.03. The van der Waals surface area contributed by atoms with Crippen molar-refractivity contribution < 1.29 is 14.3 Å². The SMILES string of the molecule is COc1cccc([C@H]2Nc3ccccc3C(=O)N2c2ccccc2OC)c1. The number of benzene rings is 3. The number of carbonyl (C=O) groups excluding carboxylic acids is 1. The fraction of sp³-hybridized carbons (Fsp3) is 0.136. The molecule has 1 amide bonds. The number of nitrogens with zero attached hydrogens (tertiary/aromatic N) is 1.